The minimum Gasteiger partial charge on any atom is -0.480 e. The standard InChI is InChI=1S/C42H72NO10P/c1-3-5-7-9-11-13-15-17-18-19-20-22-23-25-27-29-31-33-40(44)50-35-38(36-51-54(48,49)52-37-39(43)42(46)47)53-41(45)34-32-30-28-26-24-21-16-14-12-10-8-6-4-2/h5,7,11,13-14,16-18,20,22,38-39H,3-4,6,8-10,12,15,19,21,23-37,43H2,1-2H3,(H,46,47)(H,48,49)/b7-5-,13-11-,16-14-,18-17-,22-20-/t38-,39+/m1/s1. The van der Waals surface area contributed by atoms with Crippen LogP contribution in [0.15, 0.2) is 60.8 Å². The summed E-state index contributed by atoms with van der Waals surface area (Å²) in [4.78, 5) is 45.8. The number of carboxylic acids is 1. The van der Waals surface area contributed by atoms with Gasteiger partial charge < -0.3 is 25.2 Å². The topological polar surface area (TPSA) is 172 Å². The van der Waals surface area contributed by atoms with Gasteiger partial charge in [0.1, 0.15) is 12.6 Å². The van der Waals surface area contributed by atoms with Gasteiger partial charge in [0.25, 0.3) is 0 Å². The molecule has 4 N–H and O–H groups in total. The number of carbonyl (C=O) groups is 3. The summed E-state index contributed by atoms with van der Waals surface area (Å²) in [5.74, 6) is -2.43. The number of aliphatic carboxylic acids is 1. The Labute approximate surface area is 326 Å². The maximum Gasteiger partial charge on any atom is 0.472 e. The van der Waals surface area contributed by atoms with Gasteiger partial charge in [0.2, 0.25) is 0 Å². The van der Waals surface area contributed by atoms with Crippen molar-refractivity contribution in [2.24, 2.45) is 5.73 Å². The predicted molar refractivity (Wildman–Crippen MR) is 217 cm³/mol. The van der Waals surface area contributed by atoms with Gasteiger partial charge >= 0.3 is 25.7 Å². The molecule has 0 saturated heterocycles. The predicted octanol–water partition coefficient (Wildman–Crippen LogP) is 10.4. The van der Waals surface area contributed by atoms with Crippen LogP contribution in [0.25, 0.3) is 0 Å². The highest BCUT2D eigenvalue weighted by molar-refractivity contribution is 7.47. The second-order valence-corrected chi connectivity index (χ2v) is 14.8. The lowest BCUT2D eigenvalue weighted by Crippen LogP contribution is -2.34. The molecule has 0 spiro atoms. The van der Waals surface area contributed by atoms with Crippen molar-refractivity contribution in [1.82, 2.24) is 0 Å². The SMILES string of the molecule is CC/C=C\C/C=C\C/C=C\C/C=C\CCCCCCC(=O)OC[C@H](COP(=O)(O)OC[C@H](N)C(=O)O)OC(=O)CCCCCCC/C=C\CCCCCC. The van der Waals surface area contributed by atoms with Gasteiger partial charge in [-0.25, -0.2) is 4.57 Å². The summed E-state index contributed by atoms with van der Waals surface area (Å²) in [5.41, 5.74) is 5.32. The lowest BCUT2D eigenvalue weighted by molar-refractivity contribution is -0.161. The zero-order valence-electron chi connectivity index (χ0n) is 33.3. The van der Waals surface area contributed by atoms with E-state index >= 15 is 0 Å². The Kier molecular flexibility index (Phi) is 35.2. The molecule has 0 aromatic carbocycles. The van der Waals surface area contributed by atoms with E-state index in [2.05, 4.69) is 79.1 Å². The number of hydrogen-bond acceptors (Lipinski definition) is 9. The van der Waals surface area contributed by atoms with Crippen molar-refractivity contribution in [3.8, 4) is 0 Å². The van der Waals surface area contributed by atoms with E-state index in [0.717, 1.165) is 89.9 Å². The average molecular weight is 782 g/mol. The van der Waals surface area contributed by atoms with E-state index in [1.165, 1.54) is 25.7 Å². The normalized spacial score (nSPS) is 14.4. The molecule has 0 radical (unpaired) electrons. The van der Waals surface area contributed by atoms with Crippen LogP contribution in [0.4, 0.5) is 0 Å². The maximum atomic E-state index is 12.6. The molecule has 0 amide bonds. The number of carboxylic acid groups (broad SMARTS) is 1. The van der Waals surface area contributed by atoms with E-state index in [9.17, 15) is 23.8 Å². The molecule has 0 aliphatic carbocycles. The highest BCUT2D eigenvalue weighted by Gasteiger charge is 2.28. The Hall–Kier alpha value is -2.82. The number of allylic oxidation sites excluding steroid dienone is 10. The molecule has 0 rings (SSSR count). The van der Waals surface area contributed by atoms with Crippen LogP contribution >= 0.6 is 7.82 Å². The van der Waals surface area contributed by atoms with Crippen LogP contribution in [0.2, 0.25) is 0 Å². The van der Waals surface area contributed by atoms with Gasteiger partial charge in [0.05, 0.1) is 13.2 Å². The Bertz CT molecular complexity index is 1150. The van der Waals surface area contributed by atoms with Crippen molar-refractivity contribution in [2.45, 2.75) is 167 Å². The Morgan fingerprint density at radius 2 is 1.04 bits per heavy atom. The van der Waals surface area contributed by atoms with Crippen molar-refractivity contribution < 1.29 is 47.5 Å². The Morgan fingerprint density at radius 3 is 1.57 bits per heavy atom. The highest BCUT2D eigenvalue weighted by Crippen LogP contribution is 2.43. The molecule has 0 bridgehead atoms. The summed E-state index contributed by atoms with van der Waals surface area (Å²) in [6.07, 6.45) is 41.4. The van der Waals surface area contributed by atoms with Crippen LogP contribution in [-0.4, -0.2) is 59.9 Å². The minimum absolute atomic E-state index is 0.143. The molecule has 54 heavy (non-hydrogen) atoms. The van der Waals surface area contributed by atoms with E-state index in [1.807, 2.05) is 0 Å². The van der Waals surface area contributed by atoms with Crippen LogP contribution in [0.5, 0.6) is 0 Å². The minimum atomic E-state index is -4.72. The van der Waals surface area contributed by atoms with Crippen molar-refractivity contribution in [3.63, 3.8) is 0 Å². The number of carbonyl (C=O) groups excluding carboxylic acids is 2. The molecule has 12 heteroatoms. The monoisotopic (exact) mass is 781 g/mol. The Balaban J connectivity index is 4.46. The first kappa shape index (κ1) is 51.2. The van der Waals surface area contributed by atoms with E-state index in [0.29, 0.717) is 12.8 Å². The fourth-order valence-electron chi connectivity index (χ4n) is 5.05. The second-order valence-electron chi connectivity index (χ2n) is 13.4. The molecular weight excluding hydrogens is 709 g/mol. The van der Waals surface area contributed by atoms with Crippen LogP contribution in [-0.2, 0) is 37.5 Å². The summed E-state index contributed by atoms with van der Waals surface area (Å²) >= 11 is 0. The molecule has 310 valence electrons. The van der Waals surface area contributed by atoms with Crippen molar-refractivity contribution in [2.75, 3.05) is 19.8 Å². The number of ether oxygens (including phenoxy) is 2. The largest absolute Gasteiger partial charge is 0.480 e. The summed E-state index contributed by atoms with van der Waals surface area (Å²) in [7, 11) is -4.72. The lowest BCUT2D eigenvalue weighted by Gasteiger charge is -2.20. The molecule has 3 atom stereocenters. The number of hydrogen-bond donors (Lipinski definition) is 3. The quantitative estimate of drug-likeness (QED) is 0.0237. The summed E-state index contributed by atoms with van der Waals surface area (Å²) in [6, 6.07) is -1.53. The molecule has 0 saturated carbocycles. The first-order chi connectivity index (χ1) is 26.1. The fourth-order valence-corrected chi connectivity index (χ4v) is 5.83. The van der Waals surface area contributed by atoms with Gasteiger partial charge in [0.15, 0.2) is 6.10 Å². The third kappa shape index (κ3) is 36.2. The van der Waals surface area contributed by atoms with E-state index in [1.54, 1.807) is 0 Å². The van der Waals surface area contributed by atoms with Crippen molar-refractivity contribution >= 4 is 25.7 Å². The van der Waals surface area contributed by atoms with Gasteiger partial charge in [-0.1, -0.05) is 126 Å². The number of rotatable bonds is 37. The third-order valence-corrected chi connectivity index (χ3v) is 9.20. The first-order valence-corrected chi connectivity index (χ1v) is 21.8. The van der Waals surface area contributed by atoms with E-state index in [-0.39, 0.29) is 19.4 Å². The van der Waals surface area contributed by atoms with Crippen LogP contribution in [0.1, 0.15) is 155 Å². The summed E-state index contributed by atoms with van der Waals surface area (Å²) in [6.45, 7) is 2.62. The van der Waals surface area contributed by atoms with Gasteiger partial charge in [-0.2, -0.15) is 0 Å². The number of esters is 2. The Morgan fingerprint density at radius 1 is 0.593 bits per heavy atom. The zero-order chi connectivity index (χ0) is 40.0. The summed E-state index contributed by atoms with van der Waals surface area (Å²) < 4.78 is 32.6. The van der Waals surface area contributed by atoms with Gasteiger partial charge in [0, 0.05) is 12.8 Å². The van der Waals surface area contributed by atoms with Crippen LogP contribution in [0.3, 0.4) is 0 Å². The zero-order valence-corrected chi connectivity index (χ0v) is 34.2. The maximum absolute atomic E-state index is 12.6. The van der Waals surface area contributed by atoms with Gasteiger partial charge in [-0.3, -0.25) is 23.4 Å². The van der Waals surface area contributed by atoms with Crippen molar-refractivity contribution in [1.29, 1.82) is 0 Å². The van der Waals surface area contributed by atoms with E-state index < -0.39 is 51.1 Å². The second kappa shape index (κ2) is 37.1. The molecule has 0 aromatic rings. The smallest absolute Gasteiger partial charge is 0.472 e. The van der Waals surface area contributed by atoms with Crippen LogP contribution in [0, 0.1) is 0 Å². The molecule has 1 unspecified atom stereocenters. The van der Waals surface area contributed by atoms with Gasteiger partial charge in [-0.15, -0.1) is 0 Å². The number of phosphoric acid groups is 1. The number of unbranched alkanes of at least 4 members (excludes halogenated alkanes) is 13. The molecule has 0 aromatic heterocycles. The summed E-state index contributed by atoms with van der Waals surface area (Å²) in [5, 5.41) is 8.87. The molecule has 0 heterocycles. The fraction of sp³-hybridized carbons (Fsp3) is 0.690. The molecule has 11 nitrogen and oxygen atoms in total. The average Bonchev–Trinajstić information content (AvgIpc) is 3.14. The first-order valence-electron chi connectivity index (χ1n) is 20.3. The van der Waals surface area contributed by atoms with Crippen molar-refractivity contribution in [3.05, 3.63) is 60.8 Å². The lowest BCUT2D eigenvalue weighted by atomic mass is 10.1. The molecule has 0 aliphatic heterocycles. The number of phosphoric ester groups is 1. The molecule has 0 fully saturated rings. The van der Waals surface area contributed by atoms with Crippen LogP contribution < -0.4 is 5.73 Å². The third-order valence-electron chi connectivity index (χ3n) is 8.25. The van der Waals surface area contributed by atoms with E-state index in [4.69, 9.17) is 24.8 Å². The van der Waals surface area contributed by atoms with Gasteiger partial charge in [-0.05, 0) is 77.0 Å². The highest BCUT2D eigenvalue weighted by atomic mass is 31.2. The molecular formula is C42H72NO10P. The molecule has 0 aliphatic rings. The number of nitrogens with two attached hydrogens (primary N) is 1.